The van der Waals surface area contributed by atoms with Gasteiger partial charge in [0, 0.05) is 11.9 Å². The molecule has 1 aliphatic heterocycles. The Bertz CT molecular complexity index is 408. The molecule has 1 fully saturated rings. The Morgan fingerprint density at radius 2 is 2.60 bits per heavy atom. The van der Waals surface area contributed by atoms with Gasteiger partial charge in [0.15, 0.2) is 0 Å². The van der Waals surface area contributed by atoms with E-state index >= 15 is 0 Å². The van der Waals surface area contributed by atoms with Gasteiger partial charge in [-0.25, -0.2) is 4.79 Å². The van der Waals surface area contributed by atoms with Crippen molar-refractivity contribution in [3.63, 3.8) is 0 Å². The van der Waals surface area contributed by atoms with E-state index in [2.05, 4.69) is 4.98 Å². The third-order valence-corrected chi connectivity index (χ3v) is 3.15. The van der Waals surface area contributed by atoms with Crippen molar-refractivity contribution in [2.45, 2.75) is 11.7 Å². The average Bonchev–Trinajstić information content (AvgIpc) is 2.66. The lowest BCUT2D eigenvalue weighted by Crippen LogP contribution is -2.28. The molecule has 1 aromatic rings. The van der Waals surface area contributed by atoms with E-state index in [1.165, 1.54) is 16.3 Å². The number of thioether (sulfide) groups is 1. The lowest BCUT2D eigenvalue weighted by atomic mass is 10.5. The zero-order valence-electron chi connectivity index (χ0n) is 7.87. The van der Waals surface area contributed by atoms with Crippen LogP contribution in [-0.2, 0) is 4.74 Å². The first kappa shape index (κ1) is 10.5. The summed E-state index contributed by atoms with van der Waals surface area (Å²) >= 11 is 1.47. The van der Waals surface area contributed by atoms with Gasteiger partial charge in [0.2, 0.25) is 0 Å². The van der Waals surface area contributed by atoms with Crippen molar-refractivity contribution in [3.05, 3.63) is 22.7 Å². The minimum Gasteiger partial charge on any atom is -0.393 e. The standard InChI is InChI=1S/C8H11N3O3S/c9-5-1-2-11(8(13)10-5)6-4-15-7(3-12)14-6/h1-2,6-7,12H,3-4H2,(H2,9,10,13)/i8+1. The Morgan fingerprint density at radius 1 is 1.80 bits per heavy atom. The van der Waals surface area contributed by atoms with E-state index in [1.807, 2.05) is 0 Å². The number of nitrogens with two attached hydrogens (primary N) is 1. The summed E-state index contributed by atoms with van der Waals surface area (Å²) in [4.78, 5) is 15.0. The second kappa shape index (κ2) is 4.21. The number of ether oxygens (including phenoxy) is 1. The predicted molar refractivity (Wildman–Crippen MR) is 56.4 cm³/mol. The molecule has 0 bridgehead atoms. The first-order chi connectivity index (χ1) is 7.20. The molecule has 2 heterocycles. The van der Waals surface area contributed by atoms with Crippen molar-refractivity contribution >= 4 is 17.6 Å². The van der Waals surface area contributed by atoms with Gasteiger partial charge >= 0.3 is 5.69 Å². The van der Waals surface area contributed by atoms with E-state index in [1.54, 1.807) is 12.3 Å². The number of aliphatic hydroxyl groups is 1. The van der Waals surface area contributed by atoms with Crippen LogP contribution in [0, 0.1) is 0 Å². The Balaban J connectivity index is 2.20. The molecule has 2 atom stereocenters. The van der Waals surface area contributed by atoms with Gasteiger partial charge in [-0.05, 0) is 6.07 Å². The van der Waals surface area contributed by atoms with Crippen LogP contribution in [0.3, 0.4) is 0 Å². The maximum Gasteiger partial charge on any atom is 0.351 e. The van der Waals surface area contributed by atoms with Crippen LogP contribution in [-0.4, -0.2) is 32.5 Å². The first-order valence-corrected chi connectivity index (χ1v) is 5.48. The molecule has 0 spiro atoms. The predicted octanol–water partition coefficient (Wildman–Crippen LogP) is -0.594. The summed E-state index contributed by atoms with van der Waals surface area (Å²) < 4.78 is 6.79. The number of nitrogen functional groups attached to an aromatic ring is 1. The number of aliphatic hydroxyl groups excluding tert-OH is 1. The second-order valence-electron chi connectivity index (χ2n) is 3.08. The number of nitrogens with zero attached hydrogens (tertiary/aromatic N) is 2. The highest BCUT2D eigenvalue weighted by atomic mass is 32.2. The zero-order valence-corrected chi connectivity index (χ0v) is 8.68. The summed E-state index contributed by atoms with van der Waals surface area (Å²) in [6.07, 6.45) is 1.18. The highest BCUT2D eigenvalue weighted by molar-refractivity contribution is 8.00. The molecule has 6 nitrogen and oxygen atoms in total. The van der Waals surface area contributed by atoms with Crippen molar-refractivity contribution in [1.29, 1.82) is 0 Å². The van der Waals surface area contributed by atoms with E-state index < -0.39 is 5.69 Å². The van der Waals surface area contributed by atoms with E-state index in [9.17, 15) is 4.79 Å². The Labute approximate surface area is 90.1 Å². The number of hydrogen-bond acceptors (Lipinski definition) is 6. The topological polar surface area (TPSA) is 90.4 Å². The van der Waals surface area contributed by atoms with Crippen LogP contribution < -0.4 is 11.4 Å². The first-order valence-electron chi connectivity index (χ1n) is 4.43. The van der Waals surface area contributed by atoms with Gasteiger partial charge in [-0.15, -0.1) is 11.8 Å². The Kier molecular flexibility index (Phi) is 2.94. The van der Waals surface area contributed by atoms with E-state index in [-0.39, 0.29) is 24.1 Å². The van der Waals surface area contributed by atoms with Crippen LogP contribution in [0.1, 0.15) is 6.23 Å². The molecule has 0 saturated carbocycles. The van der Waals surface area contributed by atoms with Crippen LogP contribution in [0.15, 0.2) is 17.1 Å². The van der Waals surface area contributed by atoms with Gasteiger partial charge in [0.05, 0.1) is 6.61 Å². The van der Waals surface area contributed by atoms with Crippen LogP contribution >= 0.6 is 11.8 Å². The summed E-state index contributed by atoms with van der Waals surface area (Å²) in [5, 5.41) is 8.88. The molecule has 0 aromatic carbocycles. The average molecular weight is 230 g/mol. The molecule has 3 N–H and O–H groups in total. The third-order valence-electron chi connectivity index (χ3n) is 2.04. The van der Waals surface area contributed by atoms with E-state index in [4.69, 9.17) is 15.6 Å². The zero-order chi connectivity index (χ0) is 10.8. The van der Waals surface area contributed by atoms with Crippen molar-refractivity contribution in [1.82, 2.24) is 9.55 Å². The molecule has 82 valence electrons. The lowest BCUT2D eigenvalue weighted by Gasteiger charge is -2.13. The maximum atomic E-state index is 11.4. The second-order valence-corrected chi connectivity index (χ2v) is 4.27. The minimum atomic E-state index is -0.431. The van der Waals surface area contributed by atoms with Gasteiger partial charge in [-0.3, -0.25) is 4.57 Å². The van der Waals surface area contributed by atoms with Gasteiger partial charge in [-0.2, -0.15) is 4.98 Å². The number of rotatable bonds is 2. The fourth-order valence-corrected chi connectivity index (χ4v) is 2.26. The molecule has 7 heteroatoms. The largest absolute Gasteiger partial charge is 0.393 e. The third kappa shape index (κ3) is 2.14. The van der Waals surface area contributed by atoms with E-state index in [0.717, 1.165) is 0 Å². The van der Waals surface area contributed by atoms with Crippen LogP contribution in [0.2, 0.25) is 0 Å². The summed E-state index contributed by atoms with van der Waals surface area (Å²) in [7, 11) is 0. The quantitative estimate of drug-likeness (QED) is 0.705. The van der Waals surface area contributed by atoms with Gasteiger partial charge in [0.1, 0.15) is 17.5 Å². The lowest BCUT2D eigenvalue weighted by molar-refractivity contribution is -0.00629. The van der Waals surface area contributed by atoms with Crippen molar-refractivity contribution in [3.8, 4) is 0 Å². The van der Waals surface area contributed by atoms with Crippen LogP contribution in [0.4, 0.5) is 5.82 Å². The van der Waals surface area contributed by atoms with E-state index in [0.29, 0.717) is 5.75 Å². The molecule has 1 aliphatic rings. The fraction of sp³-hybridized carbons (Fsp3) is 0.500. The summed E-state index contributed by atoms with van der Waals surface area (Å²) in [5.74, 6) is 0.817. The molecule has 15 heavy (non-hydrogen) atoms. The normalized spacial score (nSPS) is 25.7. The van der Waals surface area contributed by atoms with Crippen molar-refractivity contribution < 1.29 is 9.84 Å². The monoisotopic (exact) mass is 230 g/mol. The smallest absolute Gasteiger partial charge is 0.351 e. The summed E-state index contributed by atoms with van der Waals surface area (Å²) in [5.41, 5.74) is 4.67. The molecular formula is C8H11N3O3S. The summed E-state index contributed by atoms with van der Waals surface area (Å²) in [6, 6.07) is 1.54. The molecule has 0 amide bonds. The Hall–Kier alpha value is -1.05. The highest BCUT2D eigenvalue weighted by Gasteiger charge is 2.27. The summed E-state index contributed by atoms with van der Waals surface area (Å²) in [6.45, 7) is -0.0572. The van der Waals surface area contributed by atoms with Crippen molar-refractivity contribution in [2.75, 3.05) is 18.1 Å². The molecule has 0 radical (unpaired) electrons. The SMILES string of the molecule is Nc1ccn(C2CSC(CO)O2)[13c](=O)n1. The molecule has 1 saturated heterocycles. The molecule has 2 rings (SSSR count). The van der Waals surface area contributed by atoms with Gasteiger partial charge in [-0.1, -0.05) is 0 Å². The molecule has 0 aliphatic carbocycles. The van der Waals surface area contributed by atoms with Gasteiger partial charge < -0.3 is 15.6 Å². The van der Waals surface area contributed by atoms with Crippen molar-refractivity contribution in [2.24, 2.45) is 0 Å². The molecular weight excluding hydrogens is 219 g/mol. The number of aromatic nitrogens is 2. The number of hydrogen-bond donors (Lipinski definition) is 2. The maximum absolute atomic E-state index is 11.4. The molecule has 2 unspecified atom stereocenters. The van der Waals surface area contributed by atoms with Crippen LogP contribution in [0.25, 0.3) is 0 Å². The fourth-order valence-electron chi connectivity index (χ4n) is 1.33. The van der Waals surface area contributed by atoms with Gasteiger partial charge in [0.25, 0.3) is 0 Å². The minimum absolute atomic E-state index is 0.0572. The molecule has 1 aromatic heterocycles. The number of anilines is 1. The van der Waals surface area contributed by atoms with Crippen LogP contribution in [0.5, 0.6) is 0 Å². The highest BCUT2D eigenvalue weighted by Crippen LogP contribution is 2.30. The Morgan fingerprint density at radius 3 is 3.20 bits per heavy atom.